The molecule has 0 aliphatic rings. The maximum Gasteiger partial charge on any atom is 0.295 e. The molecule has 5 heteroatoms. The van der Waals surface area contributed by atoms with Crippen LogP contribution in [-0.4, -0.2) is 13.0 Å². The molecule has 0 radical (unpaired) electrons. The first-order chi connectivity index (χ1) is 16.4. The summed E-state index contributed by atoms with van der Waals surface area (Å²) in [6.07, 6.45) is 2.40. The highest BCUT2D eigenvalue weighted by Gasteiger charge is 2.23. The van der Waals surface area contributed by atoms with Crippen LogP contribution >= 0.6 is 0 Å². The summed E-state index contributed by atoms with van der Waals surface area (Å²) in [5.74, 6) is 0.575. The molecular weight excluding hydrogens is 444 g/mol. The molecule has 0 saturated carbocycles. The lowest BCUT2D eigenvalue weighted by molar-refractivity contribution is 0.307. The maximum absolute atomic E-state index is 12.4. The highest BCUT2D eigenvalue weighted by atomic mass is 32.2. The van der Waals surface area contributed by atoms with Crippen LogP contribution < -0.4 is 4.74 Å². The number of aryl methyl sites for hydroxylation is 2. The average Bonchev–Trinajstić information content (AvgIpc) is 2.84. The minimum atomic E-state index is -4.44. The number of rotatable bonds is 9. The van der Waals surface area contributed by atoms with Gasteiger partial charge in [0.2, 0.25) is 0 Å². The van der Waals surface area contributed by atoms with Crippen molar-refractivity contribution < 1.29 is 17.7 Å². The third kappa shape index (κ3) is 5.74. The Bertz CT molecular complexity index is 1350. The van der Waals surface area contributed by atoms with Crippen LogP contribution in [0.15, 0.2) is 102 Å². The number of ether oxygens (including phenoxy) is 1. The van der Waals surface area contributed by atoms with E-state index in [9.17, 15) is 13.0 Å². The lowest BCUT2D eigenvalue weighted by Gasteiger charge is -2.19. The Morgan fingerprint density at radius 2 is 1.35 bits per heavy atom. The lowest BCUT2D eigenvalue weighted by Crippen LogP contribution is -2.07. The van der Waals surface area contributed by atoms with E-state index in [1.165, 1.54) is 11.6 Å². The van der Waals surface area contributed by atoms with Crippen molar-refractivity contribution in [1.82, 2.24) is 0 Å². The molecule has 4 aromatic carbocycles. The molecule has 0 aliphatic heterocycles. The third-order valence-corrected chi connectivity index (χ3v) is 6.81. The summed E-state index contributed by atoms with van der Waals surface area (Å²) in [5, 5.41) is 0. The van der Waals surface area contributed by atoms with E-state index in [1.807, 2.05) is 79.7 Å². The van der Waals surface area contributed by atoms with E-state index < -0.39 is 10.1 Å². The van der Waals surface area contributed by atoms with E-state index in [1.54, 1.807) is 6.07 Å². The van der Waals surface area contributed by atoms with E-state index in [0.717, 1.165) is 29.5 Å². The Morgan fingerprint density at radius 3 is 2.03 bits per heavy atom. The van der Waals surface area contributed by atoms with Crippen LogP contribution in [0, 0.1) is 6.92 Å². The van der Waals surface area contributed by atoms with Gasteiger partial charge in [-0.3, -0.25) is 4.55 Å². The topological polar surface area (TPSA) is 63.6 Å². The average molecular weight is 473 g/mol. The second-order valence-corrected chi connectivity index (χ2v) is 9.71. The van der Waals surface area contributed by atoms with Crippen molar-refractivity contribution in [3.8, 4) is 16.9 Å². The largest absolute Gasteiger partial charge is 0.488 e. The summed E-state index contributed by atoms with van der Waals surface area (Å²) in [7, 11) is -4.44. The number of hydrogen-bond donors (Lipinski definition) is 1. The summed E-state index contributed by atoms with van der Waals surface area (Å²) in [6.45, 7) is 2.33. The van der Waals surface area contributed by atoms with Crippen molar-refractivity contribution in [3.05, 3.63) is 119 Å². The first kappa shape index (κ1) is 23.7. The SMILES string of the molecule is Cc1ccc(S(=O)(=O)O)c(-c2ccccc2OCc2ccccc2)c1CCCc1ccccc1. The van der Waals surface area contributed by atoms with Gasteiger partial charge in [0.05, 0.1) is 0 Å². The zero-order valence-corrected chi connectivity index (χ0v) is 20.0. The highest BCUT2D eigenvalue weighted by molar-refractivity contribution is 7.86. The van der Waals surface area contributed by atoms with Gasteiger partial charge < -0.3 is 4.74 Å². The molecule has 34 heavy (non-hydrogen) atoms. The van der Waals surface area contributed by atoms with Crippen molar-refractivity contribution >= 4 is 10.1 Å². The van der Waals surface area contributed by atoms with Crippen LogP contribution in [0.3, 0.4) is 0 Å². The summed E-state index contributed by atoms with van der Waals surface area (Å²) in [5.41, 5.74) is 5.30. The van der Waals surface area contributed by atoms with E-state index >= 15 is 0 Å². The molecular formula is C29H28O4S. The van der Waals surface area contributed by atoms with Gasteiger partial charge in [-0.05, 0) is 60.6 Å². The van der Waals surface area contributed by atoms with Crippen molar-refractivity contribution in [3.63, 3.8) is 0 Å². The Kier molecular flexibility index (Phi) is 7.46. The molecule has 0 unspecified atom stereocenters. The minimum Gasteiger partial charge on any atom is -0.488 e. The molecule has 0 atom stereocenters. The second kappa shape index (κ2) is 10.7. The first-order valence-electron chi connectivity index (χ1n) is 11.3. The molecule has 0 amide bonds. The zero-order valence-electron chi connectivity index (χ0n) is 19.1. The molecule has 0 bridgehead atoms. The zero-order chi connectivity index (χ0) is 24.0. The normalized spacial score (nSPS) is 11.4. The van der Waals surface area contributed by atoms with E-state index in [4.69, 9.17) is 4.74 Å². The predicted molar refractivity (Wildman–Crippen MR) is 136 cm³/mol. The Labute approximate surface area is 201 Å². The van der Waals surface area contributed by atoms with Gasteiger partial charge >= 0.3 is 0 Å². The fraction of sp³-hybridized carbons (Fsp3) is 0.172. The van der Waals surface area contributed by atoms with Crippen molar-refractivity contribution in [2.45, 2.75) is 37.7 Å². The van der Waals surface area contributed by atoms with Gasteiger partial charge in [0.1, 0.15) is 17.3 Å². The van der Waals surface area contributed by atoms with Gasteiger partial charge in [0.25, 0.3) is 10.1 Å². The van der Waals surface area contributed by atoms with Gasteiger partial charge in [-0.1, -0.05) is 84.9 Å². The fourth-order valence-electron chi connectivity index (χ4n) is 4.21. The van der Waals surface area contributed by atoms with Crippen molar-refractivity contribution in [1.29, 1.82) is 0 Å². The molecule has 0 aromatic heterocycles. The molecule has 4 aromatic rings. The van der Waals surface area contributed by atoms with Crippen molar-refractivity contribution in [2.75, 3.05) is 0 Å². The van der Waals surface area contributed by atoms with Gasteiger partial charge in [0, 0.05) is 11.1 Å². The number of hydrogen-bond acceptors (Lipinski definition) is 3. The van der Waals surface area contributed by atoms with Crippen molar-refractivity contribution in [2.24, 2.45) is 0 Å². The highest BCUT2D eigenvalue weighted by Crippen LogP contribution is 2.39. The smallest absolute Gasteiger partial charge is 0.295 e. The van der Waals surface area contributed by atoms with Crippen LogP contribution in [0.1, 0.15) is 28.7 Å². The van der Waals surface area contributed by atoms with Gasteiger partial charge in [-0.25, -0.2) is 0 Å². The van der Waals surface area contributed by atoms with E-state index in [0.29, 0.717) is 29.9 Å². The third-order valence-electron chi connectivity index (χ3n) is 5.92. The lowest BCUT2D eigenvalue weighted by atomic mass is 9.91. The standard InChI is InChI=1S/C29H28O4S/c1-22-19-20-28(34(30,31)32)29(25(22)17-10-15-23-11-4-2-5-12-23)26-16-8-9-18-27(26)33-21-24-13-6-3-7-14-24/h2-9,11-14,16,18-20H,10,15,17,21H2,1H3,(H,30,31,32). The minimum absolute atomic E-state index is 0.0939. The predicted octanol–water partition coefficient (Wildman–Crippen LogP) is 6.66. The number of benzene rings is 4. The maximum atomic E-state index is 12.4. The molecule has 4 nitrogen and oxygen atoms in total. The second-order valence-electron chi connectivity index (χ2n) is 8.32. The Morgan fingerprint density at radius 1 is 0.735 bits per heavy atom. The van der Waals surface area contributed by atoms with Crippen LogP contribution in [0.4, 0.5) is 0 Å². The molecule has 0 saturated heterocycles. The van der Waals surface area contributed by atoms with Gasteiger partial charge in [-0.2, -0.15) is 8.42 Å². The quantitative estimate of drug-likeness (QED) is 0.277. The molecule has 1 N–H and O–H groups in total. The Balaban J connectivity index is 1.73. The summed E-state index contributed by atoms with van der Waals surface area (Å²) >= 11 is 0. The van der Waals surface area contributed by atoms with Crippen LogP contribution in [0.5, 0.6) is 5.75 Å². The van der Waals surface area contributed by atoms with E-state index in [2.05, 4.69) is 12.1 Å². The number of para-hydroxylation sites is 1. The summed E-state index contributed by atoms with van der Waals surface area (Å²) in [6, 6.07) is 30.7. The first-order valence-corrected chi connectivity index (χ1v) is 12.8. The van der Waals surface area contributed by atoms with Gasteiger partial charge in [0.15, 0.2) is 0 Å². The summed E-state index contributed by atoms with van der Waals surface area (Å²) < 4.78 is 41.0. The fourth-order valence-corrected chi connectivity index (χ4v) is 4.94. The van der Waals surface area contributed by atoms with Crippen LogP contribution in [-0.2, 0) is 29.6 Å². The van der Waals surface area contributed by atoms with Crippen LogP contribution in [0.2, 0.25) is 0 Å². The van der Waals surface area contributed by atoms with Gasteiger partial charge in [-0.15, -0.1) is 0 Å². The summed E-state index contributed by atoms with van der Waals surface area (Å²) in [4.78, 5) is -0.0939. The molecule has 0 aliphatic carbocycles. The molecule has 4 rings (SSSR count). The molecule has 174 valence electrons. The monoisotopic (exact) mass is 472 g/mol. The van der Waals surface area contributed by atoms with E-state index in [-0.39, 0.29) is 4.90 Å². The van der Waals surface area contributed by atoms with Crippen LogP contribution in [0.25, 0.3) is 11.1 Å². The Hall–Kier alpha value is -3.41. The molecule has 0 spiro atoms. The molecule has 0 heterocycles. The molecule has 0 fully saturated rings.